The highest BCUT2D eigenvalue weighted by atomic mass is 32.1. The van der Waals surface area contributed by atoms with Crippen LogP contribution in [0.25, 0.3) is 10.6 Å². The number of aryl methyl sites for hydroxylation is 2. The van der Waals surface area contributed by atoms with Gasteiger partial charge in [0, 0.05) is 61.9 Å². The van der Waals surface area contributed by atoms with Crippen molar-refractivity contribution in [2.45, 2.75) is 57.2 Å². The van der Waals surface area contributed by atoms with E-state index < -0.39 is 60.0 Å². The zero-order valence-corrected chi connectivity index (χ0v) is 31.7. The zero-order valence-electron chi connectivity index (χ0n) is 30.9. The van der Waals surface area contributed by atoms with Crippen molar-refractivity contribution in [2.24, 2.45) is 11.7 Å². The Balaban J connectivity index is 1.05. The minimum Gasteiger partial charge on any atom is -0.437 e. The van der Waals surface area contributed by atoms with E-state index in [9.17, 15) is 19.5 Å². The summed E-state index contributed by atoms with van der Waals surface area (Å²) in [5.41, 5.74) is 11.6. The Morgan fingerprint density at radius 3 is 2.45 bits per heavy atom. The van der Waals surface area contributed by atoms with Gasteiger partial charge in [-0.15, -0.1) is 11.3 Å². The van der Waals surface area contributed by atoms with E-state index in [0.29, 0.717) is 27.9 Å². The van der Waals surface area contributed by atoms with Crippen LogP contribution in [0.2, 0.25) is 0 Å². The second-order valence-electron chi connectivity index (χ2n) is 14.4. The van der Waals surface area contributed by atoms with Crippen LogP contribution in [0, 0.1) is 19.8 Å². The van der Waals surface area contributed by atoms with Crippen LogP contribution in [-0.2, 0) is 17.9 Å². The van der Waals surface area contributed by atoms with Crippen molar-refractivity contribution in [3.8, 4) is 22.2 Å². The average Bonchev–Trinajstić information content (AvgIpc) is 3.60. The van der Waals surface area contributed by atoms with E-state index in [1.54, 1.807) is 42.3 Å². The van der Waals surface area contributed by atoms with Crippen molar-refractivity contribution in [3.05, 3.63) is 117 Å². The number of alkyl halides is 2. The lowest BCUT2D eigenvalue weighted by molar-refractivity contribution is -0.223. The van der Waals surface area contributed by atoms with Crippen molar-refractivity contribution in [1.29, 1.82) is 0 Å². The quantitative estimate of drug-likeness (QED) is 0.189. The SMILES string of the molecule is Cc1ccc(-c2nc(C)c(C(=O)N3CC[C@@H](C(=O)N4CC[C@](O)(Cn5cnc(Oc6ccc(CN)cc6)c(N)c5=O)C(F)(F)C4)[C@H](c4ccccc4)C3)s2)cn1. The number of nitrogens with two attached hydrogens (primary N) is 2. The minimum atomic E-state index is -3.80. The summed E-state index contributed by atoms with van der Waals surface area (Å²) in [4.78, 5) is 57.6. The smallest absolute Gasteiger partial charge is 0.295 e. The number of halogens is 2. The number of thiazole rings is 1. The molecule has 5 N–H and O–H groups in total. The highest BCUT2D eigenvalue weighted by Gasteiger charge is 2.58. The maximum Gasteiger partial charge on any atom is 0.295 e. The van der Waals surface area contributed by atoms with Crippen LogP contribution < -0.4 is 21.8 Å². The fraction of sp³-hybridized carbons (Fsp3) is 0.350. The molecule has 2 saturated heterocycles. The number of aliphatic hydroxyl groups is 1. The molecule has 2 fully saturated rings. The maximum atomic E-state index is 16.0. The summed E-state index contributed by atoms with van der Waals surface area (Å²) in [5, 5.41) is 12.0. The monoisotopic (exact) mass is 784 g/mol. The van der Waals surface area contributed by atoms with Crippen molar-refractivity contribution in [2.75, 3.05) is 31.9 Å². The summed E-state index contributed by atoms with van der Waals surface area (Å²) in [6.45, 7) is 2.39. The average molecular weight is 785 g/mol. The van der Waals surface area contributed by atoms with Gasteiger partial charge in [0.15, 0.2) is 5.69 Å². The molecule has 16 heteroatoms. The molecule has 0 spiro atoms. The molecule has 0 saturated carbocycles. The molecule has 5 aromatic rings. The number of nitrogens with zero attached hydrogens (tertiary/aromatic N) is 6. The van der Waals surface area contributed by atoms with Gasteiger partial charge in [-0.25, -0.2) is 18.7 Å². The van der Waals surface area contributed by atoms with E-state index in [2.05, 4.69) is 15.0 Å². The van der Waals surface area contributed by atoms with Crippen LogP contribution in [-0.4, -0.2) is 83.9 Å². The number of likely N-dealkylation sites (tertiary alicyclic amines) is 2. The van der Waals surface area contributed by atoms with E-state index in [4.69, 9.17) is 16.2 Å². The molecule has 56 heavy (non-hydrogen) atoms. The van der Waals surface area contributed by atoms with Gasteiger partial charge >= 0.3 is 0 Å². The number of carbonyl (C=O) groups excluding carboxylic acids is 2. The lowest BCUT2D eigenvalue weighted by Crippen LogP contribution is -2.64. The first kappa shape index (κ1) is 38.7. The number of nitrogen functional groups attached to an aromatic ring is 1. The molecule has 0 bridgehead atoms. The topological polar surface area (TPSA) is 183 Å². The third-order valence-electron chi connectivity index (χ3n) is 10.6. The normalized spacial score (nSPS) is 20.8. The van der Waals surface area contributed by atoms with Gasteiger partial charge in [-0.05, 0) is 55.7 Å². The predicted octanol–water partition coefficient (Wildman–Crippen LogP) is 4.76. The van der Waals surface area contributed by atoms with Crippen LogP contribution >= 0.6 is 11.3 Å². The molecule has 2 aliphatic heterocycles. The summed E-state index contributed by atoms with van der Waals surface area (Å²) in [6.07, 6.45) is 2.46. The number of hydrogen-bond donors (Lipinski definition) is 3. The predicted molar refractivity (Wildman–Crippen MR) is 206 cm³/mol. The van der Waals surface area contributed by atoms with E-state index >= 15 is 8.78 Å². The van der Waals surface area contributed by atoms with Gasteiger partial charge in [-0.2, -0.15) is 0 Å². The summed E-state index contributed by atoms with van der Waals surface area (Å²) >= 11 is 1.28. The van der Waals surface area contributed by atoms with Gasteiger partial charge < -0.3 is 31.1 Å². The highest BCUT2D eigenvalue weighted by molar-refractivity contribution is 7.17. The first-order valence-corrected chi connectivity index (χ1v) is 19.0. The second kappa shape index (κ2) is 15.5. The molecule has 0 unspecified atom stereocenters. The molecule has 3 aromatic heterocycles. The first-order chi connectivity index (χ1) is 26.8. The number of amides is 2. The summed E-state index contributed by atoms with van der Waals surface area (Å²) in [7, 11) is 0. The number of piperidine rings is 2. The molecule has 2 aromatic carbocycles. The van der Waals surface area contributed by atoms with Gasteiger partial charge in [0.2, 0.25) is 11.8 Å². The first-order valence-electron chi connectivity index (χ1n) is 18.2. The fourth-order valence-corrected chi connectivity index (χ4v) is 8.31. The second-order valence-corrected chi connectivity index (χ2v) is 15.4. The van der Waals surface area contributed by atoms with Crippen LogP contribution in [0.4, 0.5) is 14.5 Å². The van der Waals surface area contributed by atoms with E-state index in [-0.39, 0.29) is 37.8 Å². The molecule has 0 radical (unpaired) electrons. The largest absolute Gasteiger partial charge is 0.437 e. The number of anilines is 1. The summed E-state index contributed by atoms with van der Waals surface area (Å²) in [5.74, 6) is -5.55. The summed E-state index contributed by atoms with van der Waals surface area (Å²) in [6, 6.07) is 19.8. The Kier molecular flexibility index (Phi) is 10.7. The number of benzene rings is 2. The Bertz CT molecular complexity index is 2290. The number of aromatic nitrogens is 4. The number of pyridine rings is 1. The van der Waals surface area contributed by atoms with Crippen molar-refractivity contribution >= 4 is 28.8 Å². The lowest BCUT2D eigenvalue weighted by atomic mass is 9.78. The van der Waals surface area contributed by atoms with Crippen LogP contribution in [0.1, 0.15) is 50.9 Å². The number of hydrogen-bond acceptors (Lipinski definition) is 11. The number of rotatable bonds is 9. The molecule has 2 amide bonds. The molecule has 0 aliphatic carbocycles. The standard InChI is InChI=1S/C40H42F2N8O5S/c1-24-8-11-28(19-45-24)35-47-25(2)33(56-35)38(53)48-16-14-30(31(20-48)27-6-4-3-5-7-27)36(51)49-17-15-39(54,40(41,42)22-49)21-50-23-46-34(32(44)37(50)52)55-29-12-9-26(18-43)10-13-29/h3-13,19,23,30-31,54H,14-18,20-22,43-44H2,1-2H3/t30-,31+,39+/m1/s1. The van der Waals surface area contributed by atoms with E-state index in [1.807, 2.05) is 49.4 Å². The van der Waals surface area contributed by atoms with Gasteiger partial charge in [-0.1, -0.05) is 42.5 Å². The van der Waals surface area contributed by atoms with Gasteiger partial charge in [0.05, 0.1) is 18.8 Å². The van der Waals surface area contributed by atoms with Crippen molar-refractivity contribution in [1.82, 2.24) is 29.3 Å². The molecule has 13 nitrogen and oxygen atoms in total. The fourth-order valence-electron chi connectivity index (χ4n) is 7.28. The Hall–Kier alpha value is -5.58. The molecule has 2 aliphatic rings. The van der Waals surface area contributed by atoms with E-state index in [0.717, 1.165) is 38.2 Å². The number of ether oxygens (including phenoxy) is 1. The lowest BCUT2D eigenvalue weighted by Gasteiger charge is -2.46. The molecule has 3 atom stereocenters. The Labute approximate surface area is 325 Å². The van der Waals surface area contributed by atoms with Crippen molar-refractivity contribution < 1.29 is 28.2 Å². The van der Waals surface area contributed by atoms with Crippen LogP contribution in [0.3, 0.4) is 0 Å². The highest BCUT2D eigenvalue weighted by Crippen LogP contribution is 2.41. The van der Waals surface area contributed by atoms with Crippen LogP contribution in [0.5, 0.6) is 11.6 Å². The van der Waals surface area contributed by atoms with Crippen LogP contribution in [0.15, 0.2) is 84.0 Å². The van der Waals surface area contributed by atoms with Gasteiger partial charge in [0.25, 0.3) is 17.4 Å². The zero-order chi connectivity index (χ0) is 39.8. The summed E-state index contributed by atoms with van der Waals surface area (Å²) < 4.78 is 38.5. The van der Waals surface area contributed by atoms with Crippen molar-refractivity contribution in [3.63, 3.8) is 0 Å². The minimum absolute atomic E-state index is 0.181. The molecular weight excluding hydrogens is 743 g/mol. The maximum absolute atomic E-state index is 16.0. The van der Waals surface area contributed by atoms with Gasteiger partial charge in [-0.3, -0.25) is 23.9 Å². The third-order valence-corrected chi connectivity index (χ3v) is 11.8. The molecule has 292 valence electrons. The molecule has 7 rings (SSSR count). The third kappa shape index (κ3) is 7.63. The molecule has 5 heterocycles. The Morgan fingerprint density at radius 1 is 1.02 bits per heavy atom. The number of carbonyl (C=O) groups is 2. The van der Waals surface area contributed by atoms with Gasteiger partial charge in [0.1, 0.15) is 27.6 Å². The Morgan fingerprint density at radius 2 is 1.77 bits per heavy atom. The molecular formula is C40H42F2N8O5S. The van der Waals surface area contributed by atoms with E-state index in [1.165, 1.54) is 11.3 Å².